The van der Waals surface area contributed by atoms with E-state index < -0.39 is 12.6 Å². The van der Waals surface area contributed by atoms with Gasteiger partial charge in [0.2, 0.25) is 0 Å². The minimum Gasteiger partial charge on any atom is -0.396 e. The van der Waals surface area contributed by atoms with E-state index in [1.807, 2.05) is 0 Å². The molecule has 0 radical (unpaired) electrons. The lowest BCUT2D eigenvalue weighted by molar-refractivity contribution is -0.135. The minimum atomic E-state index is -3.98. The first kappa shape index (κ1) is 22.7. The molecule has 0 aromatic carbocycles. The quantitative estimate of drug-likeness (QED) is 0.328. The summed E-state index contributed by atoms with van der Waals surface area (Å²) in [6.07, 6.45) is 8.82. The van der Waals surface area contributed by atoms with E-state index in [1.165, 1.54) is 38.5 Å². The molecule has 0 heterocycles. The number of alkyl halides is 3. The monoisotopic (exact) mass is 340 g/mol. The van der Waals surface area contributed by atoms with Crippen LogP contribution in [-0.4, -0.2) is 31.1 Å². The Bertz CT molecular complexity index is 233. The van der Waals surface area contributed by atoms with Crippen LogP contribution in [0.3, 0.4) is 0 Å². The lowest BCUT2D eigenvalue weighted by Gasteiger charge is -2.06. The summed E-state index contributed by atoms with van der Waals surface area (Å²) >= 11 is 0. The maximum Gasteiger partial charge on any atom is 0.389 e. The molecule has 0 spiro atoms. The van der Waals surface area contributed by atoms with E-state index >= 15 is 0 Å². The van der Waals surface area contributed by atoms with E-state index in [9.17, 15) is 13.2 Å². The van der Waals surface area contributed by atoms with Gasteiger partial charge in [0.1, 0.15) is 0 Å². The Balaban J connectivity index is 3.00. The first-order chi connectivity index (χ1) is 11.1. The number of aliphatic hydroxyl groups is 1. The number of hydrogen-bond acceptors (Lipinski definition) is 2. The average molecular weight is 340 g/mol. The summed E-state index contributed by atoms with van der Waals surface area (Å²) in [5, 5.41) is 8.59. The van der Waals surface area contributed by atoms with Crippen LogP contribution in [0, 0.1) is 0 Å². The smallest absolute Gasteiger partial charge is 0.389 e. The van der Waals surface area contributed by atoms with Crippen LogP contribution >= 0.6 is 0 Å². The molecule has 0 saturated carbocycles. The predicted molar refractivity (Wildman–Crippen MR) is 88.6 cm³/mol. The molecule has 140 valence electrons. The van der Waals surface area contributed by atoms with Gasteiger partial charge in [0.15, 0.2) is 0 Å². The average Bonchev–Trinajstić information content (AvgIpc) is 2.49. The third-order valence-corrected chi connectivity index (χ3v) is 3.95. The second kappa shape index (κ2) is 16.6. The highest BCUT2D eigenvalue weighted by Crippen LogP contribution is 2.23. The summed E-state index contributed by atoms with van der Waals surface area (Å²) in [6, 6.07) is 0. The van der Waals surface area contributed by atoms with Gasteiger partial charge in [-0.15, -0.1) is 0 Å². The SMILES string of the molecule is OCCCOCCCCCCCCCCCCCCC(F)(F)F. The fourth-order valence-electron chi connectivity index (χ4n) is 2.57. The molecule has 5 heteroatoms. The predicted octanol–water partition coefficient (Wildman–Crippen LogP) is 6.02. The van der Waals surface area contributed by atoms with Gasteiger partial charge in [-0.25, -0.2) is 0 Å². The Morgan fingerprint density at radius 3 is 1.39 bits per heavy atom. The van der Waals surface area contributed by atoms with Crippen molar-refractivity contribution in [2.24, 2.45) is 0 Å². The van der Waals surface area contributed by atoms with E-state index in [-0.39, 0.29) is 13.0 Å². The highest BCUT2D eigenvalue weighted by molar-refractivity contribution is 4.52. The Morgan fingerprint density at radius 2 is 0.957 bits per heavy atom. The number of halogens is 3. The standard InChI is InChI=1S/C18H35F3O2/c19-18(20,21)14-11-9-7-5-3-1-2-4-6-8-10-12-16-23-17-13-15-22/h22H,1-17H2. The number of rotatable bonds is 17. The zero-order valence-corrected chi connectivity index (χ0v) is 14.5. The molecule has 0 atom stereocenters. The lowest BCUT2D eigenvalue weighted by Crippen LogP contribution is -2.06. The van der Waals surface area contributed by atoms with Crippen LogP contribution in [-0.2, 0) is 4.74 Å². The molecule has 0 aliphatic rings. The molecule has 0 saturated heterocycles. The summed E-state index contributed by atoms with van der Waals surface area (Å²) < 4.78 is 41.2. The van der Waals surface area contributed by atoms with E-state index in [0.717, 1.165) is 38.7 Å². The number of hydrogen-bond donors (Lipinski definition) is 1. The first-order valence-corrected chi connectivity index (χ1v) is 9.31. The van der Waals surface area contributed by atoms with Crippen molar-refractivity contribution in [3.63, 3.8) is 0 Å². The lowest BCUT2D eigenvalue weighted by atomic mass is 10.0. The van der Waals surface area contributed by atoms with Crippen molar-refractivity contribution < 1.29 is 23.0 Å². The van der Waals surface area contributed by atoms with Gasteiger partial charge in [0.25, 0.3) is 0 Å². The normalized spacial score (nSPS) is 12.0. The molecule has 23 heavy (non-hydrogen) atoms. The van der Waals surface area contributed by atoms with Gasteiger partial charge in [0.05, 0.1) is 0 Å². The molecule has 0 aromatic rings. The first-order valence-electron chi connectivity index (χ1n) is 9.31. The van der Waals surface area contributed by atoms with Gasteiger partial charge in [-0.05, 0) is 19.3 Å². The number of ether oxygens (including phenoxy) is 1. The van der Waals surface area contributed by atoms with Crippen molar-refractivity contribution in [3.05, 3.63) is 0 Å². The van der Waals surface area contributed by atoms with E-state index in [1.54, 1.807) is 0 Å². The fraction of sp³-hybridized carbons (Fsp3) is 1.00. The third-order valence-electron chi connectivity index (χ3n) is 3.95. The van der Waals surface area contributed by atoms with Crippen LogP contribution < -0.4 is 0 Å². The van der Waals surface area contributed by atoms with Crippen LogP contribution in [0.4, 0.5) is 13.2 Å². The zero-order chi connectivity index (χ0) is 17.2. The summed E-state index contributed by atoms with van der Waals surface area (Å²) in [5.74, 6) is 0. The second-order valence-corrected chi connectivity index (χ2v) is 6.30. The maximum atomic E-state index is 11.9. The minimum absolute atomic E-state index is 0.202. The topological polar surface area (TPSA) is 29.5 Å². The van der Waals surface area contributed by atoms with E-state index in [0.29, 0.717) is 13.0 Å². The highest BCUT2D eigenvalue weighted by atomic mass is 19.4. The van der Waals surface area contributed by atoms with Crippen LogP contribution in [0.2, 0.25) is 0 Å². The Kier molecular flexibility index (Phi) is 16.4. The number of aliphatic hydroxyl groups excluding tert-OH is 1. The molecule has 0 aromatic heterocycles. The Morgan fingerprint density at radius 1 is 0.565 bits per heavy atom. The van der Waals surface area contributed by atoms with Crippen molar-refractivity contribution in [1.29, 1.82) is 0 Å². The molecule has 0 rings (SSSR count). The van der Waals surface area contributed by atoms with Crippen LogP contribution in [0.1, 0.15) is 89.9 Å². The zero-order valence-electron chi connectivity index (χ0n) is 14.5. The van der Waals surface area contributed by atoms with Gasteiger partial charge in [-0.1, -0.05) is 64.2 Å². The van der Waals surface area contributed by atoms with Crippen LogP contribution in [0.15, 0.2) is 0 Å². The molecule has 0 fully saturated rings. The summed E-state index contributed by atoms with van der Waals surface area (Å²) in [5.41, 5.74) is 0. The summed E-state index contributed by atoms with van der Waals surface area (Å²) in [4.78, 5) is 0. The van der Waals surface area contributed by atoms with Crippen LogP contribution in [0.5, 0.6) is 0 Å². The van der Waals surface area contributed by atoms with Gasteiger partial charge in [-0.2, -0.15) is 13.2 Å². The van der Waals surface area contributed by atoms with E-state index in [4.69, 9.17) is 9.84 Å². The largest absolute Gasteiger partial charge is 0.396 e. The Labute approximate surface area is 139 Å². The molecule has 0 unspecified atom stereocenters. The Hall–Kier alpha value is -0.290. The van der Waals surface area contributed by atoms with Crippen molar-refractivity contribution in [2.45, 2.75) is 96.1 Å². The van der Waals surface area contributed by atoms with Gasteiger partial charge < -0.3 is 9.84 Å². The second-order valence-electron chi connectivity index (χ2n) is 6.30. The molecular weight excluding hydrogens is 305 g/mol. The fourth-order valence-corrected chi connectivity index (χ4v) is 2.57. The summed E-state index contributed by atoms with van der Waals surface area (Å²) in [6.45, 7) is 1.66. The molecule has 0 aliphatic carbocycles. The summed E-state index contributed by atoms with van der Waals surface area (Å²) in [7, 11) is 0. The number of unbranched alkanes of at least 4 members (excludes halogenated alkanes) is 11. The van der Waals surface area contributed by atoms with Crippen molar-refractivity contribution in [2.75, 3.05) is 19.8 Å². The molecule has 1 N–H and O–H groups in total. The molecule has 0 bridgehead atoms. The third kappa shape index (κ3) is 21.7. The van der Waals surface area contributed by atoms with Gasteiger partial charge >= 0.3 is 6.18 Å². The van der Waals surface area contributed by atoms with E-state index in [2.05, 4.69) is 0 Å². The highest BCUT2D eigenvalue weighted by Gasteiger charge is 2.25. The molecule has 0 amide bonds. The molecular formula is C18H35F3O2. The molecule has 2 nitrogen and oxygen atoms in total. The maximum absolute atomic E-state index is 11.9. The van der Waals surface area contributed by atoms with Gasteiger partial charge in [0, 0.05) is 26.2 Å². The van der Waals surface area contributed by atoms with Crippen molar-refractivity contribution in [3.8, 4) is 0 Å². The van der Waals surface area contributed by atoms with Crippen LogP contribution in [0.25, 0.3) is 0 Å². The van der Waals surface area contributed by atoms with Crippen molar-refractivity contribution >= 4 is 0 Å². The molecule has 0 aliphatic heterocycles. The van der Waals surface area contributed by atoms with Crippen molar-refractivity contribution in [1.82, 2.24) is 0 Å². The van der Waals surface area contributed by atoms with Gasteiger partial charge in [-0.3, -0.25) is 0 Å².